The summed E-state index contributed by atoms with van der Waals surface area (Å²) >= 11 is 6.35. The third-order valence-corrected chi connectivity index (χ3v) is 3.93. The van der Waals surface area contributed by atoms with E-state index in [9.17, 15) is 5.21 Å². The minimum absolute atomic E-state index is 0. The first-order valence-electron chi connectivity index (χ1n) is 6.90. The Labute approximate surface area is 141 Å². The van der Waals surface area contributed by atoms with Crippen molar-refractivity contribution in [2.24, 2.45) is 0 Å². The molecule has 0 unspecified atom stereocenters. The number of benzene rings is 2. The Bertz CT molecular complexity index is 995. The van der Waals surface area contributed by atoms with E-state index >= 15 is 0 Å². The molecule has 0 amide bonds. The van der Waals surface area contributed by atoms with E-state index in [1.807, 2.05) is 30.3 Å². The van der Waals surface area contributed by atoms with Gasteiger partial charge < -0.3 is 5.48 Å². The first-order chi connectivity index (χ1) is 11.3. The van der Waals surface area contributed by atoms with E-state index in [0.717, 1.165) is 16.5 Å². The quantitative estimate of drug-likeness (QED) is 0.542. The molecule has 8 heteroatoms. The molecule has 0 bridgehead atoms. The lowest BCUT2D eigenvalue weighted by molar-refractivity contribution is -0.334. The lowest BCUT2D eigenvalue weighted by Crippen LogP contribution is -2.05. The van der Waals surface area contributed by atoms with Gasteiger partial charge in [-0.3, -0.25) is 10.7 Å². The van der Waals surface area contributed by atoms with Crippen LogP contribution in [0.4, 0.5) is 5.69 Å². The van der Waals surface area contributed by atoms with Crippen molar-refractivity contribution in [3.63, 3.8) is 0 Å². The first-order valence-corrected chi connectivity index (χ1v) is 7.27. The molecular formula is C16H12ClN5O2. The number of halogens is 1. The van der Waals surface area contributed by atoms with Crippen molar-refractivity contribution in [2.75, 3.05) is 5.48 Å². The fourth-order valence-electron chi connectivity index (χ4n) is 2.51. The summed E-state index contributed by atoms with van der Waals surface area (Å²) in [5.74, 6) is 0.581. The fraction of sp³-hybridized carbons (Fsp3) is 0. The molecule has 2 aliphatic rings. The van der Waals surface area contributed by atoms with Crippen LogP contribution in [0, 0.1) is 0 Å². The van der Waals surface area contributed by atoms with Crippen LogP contribution in [-0.4, -0.2) is 25.9 Å². The van der Waals surface area contributed by atoms with Gasteiger partial charge in [0, 0.05) is 16.0 Å². The lowest BCUT2D eigenvalue weighted by Gasteiger charge is -2.05. The average molecular weight is 342 g/mol. The number of hydrogen-bond acceptors (Lipinski definition) is 6. The summed E-state index contributed by atoms with van der Waals surface area (Å²) in [7, 11) is 0. The number of rotatable bonds is 2. The van der Waals surface area contributed by atoms with Gasteiger partial charge in [0.25, 0.3) is 0 Å². The Morgan fingerprint density at radius 2 is 1.96 bits per heavy atom. The number of hydrogen-bond donors (Lipinski definition) is 2. The molecule has 0 aliphatic carbocycles. The van der Waals surface area contributed by atoms with E-state index in [0.29, 0.717) is 27.9 Å². The summed E-state index contributed by atoms with van der Waals surface area (Å²) in [4.78, 5) is 7.90. The van der Waals surface area contributed by atoms with Gasteiger partial charge in [0.1, 0.15) is 11.7 Å². The van der Waals surface area contributed by atoms with Crippen molar-refractivity contribution in [1.82, 2.24) is 15.2 Å². The molecule has 7 nitrogen and oxygen atoms in total. The number of fused-ring (bicyclic) bond motifs is 2. The number of aromatic nitrogens is 4. The molecule has 0 saturated carbocycles. The van der Waals surface area contributed by atoms with Gasteiger partial charge in [-0.05, 0) is 29.4 Å². The molecule has 0 fully saturated rings. The predicted octanol–water partition coefficient (Wildman–Crippen LogP) is 2.89. The molecule has 2 heterocycles. The number of H-pyrrole nitrogens is 1. The highest BCUT2D eigenvalue weighted by Crippen LogP contribution is 2.32. The van der Waals surface area contributed by atoms with Gasteiger partial charge in [-0.1, -0.05) is 29.8 Å². The maximum Gasteiger partial charge on any atom is 0.376 e. The van der Waals surface area contributed by atoms with Crippen molar-refractivity contribution in [3.8, 4) is 22.8 Å². The smallest absolute Gasteiger partial charge is 0.376 e. The molecule has 0 atom stereocenters. The molecule has 0 spiro atoms. The van der Waals surface area contributed by atoms with Gasteiger partial charge in [-0.2, -0.15) is 0 Å². The van der Waals surface area contributed by atoms with Crippen LogP contribution in [0.1, 0.15) is 0 Å². The van der Waals surface area contributed by atoms with Crippen molar-refractivity contribution < 1.29 is 15.7 Å². The van der Waals surface area contributed by atoms with Gasteiger partial charge in [0.05, 0.1) is 16.5 Å². The second-order valence-electron chi connectivity index (χ2n) is 5.02. The zero-order valence-electron chi connectivity index (χ0n) is 12.2. The molecule has 2 aromatic carbocycles. The number of anilines is 1. The Balaban J connectivity index is 0.00000169. The van der Waals surface area contributed by atoms with E-state index in [2.05, 4.69) is 25.6 Å². The summed E-state index contributed by atoms with van der Waals surface area (Å²) in [5, 5.41) is 18.5. The third-order valence-electron chi connectivity index (χ3n) is 3.60. The van der Waals surface area contributed by atoms with Crippen molar-refractivity contribution in [3.05, 3.63) is 53.7 Å². The highest BCUT2D eigenvalue weighted by Gasteiger charge is 2.20. The standard InChI is InChI=1S/C16H10ClN5O.H2O/c17-12-4-2-1-3-10(12)15-11-7-9(22-23)5-6-13(11)20-16-14(19-15)8-18-21-16;/h1-8,22-23H;1H2. The number of nitrogens with one attached hydrogen (secondary N) is 2. The van der Waals surface area contributed by atoms with E-state index in [-0.39, 0.29) is 5.48 Å². The van der Waals surface area contributed by atoms with Crippen LogP contribution in [0.2, 0.25) is 5.02 Å². The fourth-order valence-corrected chi connectivity index (χ4v) is 2.74. The number of aromatic amines is 1. The Hall–Kier alpha value is -2.87. The van der Waals surface area contributed by atoms with Gasteiger partial charge in [-0.25, -0.2) is 9.97 Å². The lowest BCUT2D eigenvalue weighted by atomic mass is 10.1. The molecule has 0 radical (unpaired) electrons. The maximum absolute atomic E-state index is 9.20. The molecule has 2 aliphatic heterocycles. The second kappa shape index (κ2) is 6.32. The molecule has 24 heavy (non-hydrogen) atoms. The largest absolute Gasteiger partial charge is 0.870 e. The summed E-state index contributed by atoms with van der Waals surface area (Å²) in [5.41, 5.74) is 5.63. The van der Waals surface area contributed by atoms with Crippen LogP contribution in [0.15, 0.2) is 48.7 Å². The van der Waals surface area contributed by atoms with Crippen LogP contribution in [-0.2, 0) is 0 Å². The Morgan fingerprint density at radius 3 is 2.75 bits per heavy atom. The Kier molecular flexibility index (Phi) is 4.22. The molecule has 120 valence electrons. The van der Waals surface area contributed by atoms with E-state index in [1.54, 1.807) is 18.3 Å². The normalized spacial score (nSPS) is 10.6. The molecule has 0 saturated heterocycles. The van der Waals surface area contributed by atoms with Crippen LogP contribution in [0.5, 0.6) is 0 Å². The topological polar surface area (TPSA) is 115 Å². The molecule has 2 aromatic rings. The van der Waals surface area contributed by atoms with Crippen molar-refractivity contribution in [1.29, 1.82) is 0 Å². The van der Waals surface area contributed by atoms with Crippen LogP contribution < -0.4 is 10.5 Å². The van der Waals surface area contributed by atoms with Gasteiger partial charge in [0.15, 0.2) is 5.69 Å². The monoisotopic (exact) mass is 341 g/mol. The van der Waals surface area contributed by atoms with Gasteiger partial charge in [-0.15, -0.1) is 0 Å². The van der Waals surface area contributed by atoms with E-state index in [1.165, 1.54) is 0 Å². The Morgan fingerprint density at radius 1 is 1.12 bits per heavy atom. The SMILES string of the molecule is ONc1ccc2[nH+]c3nncc-3nc(-c3ccccc3Cl)c2c1.[OH-]. The van der Waals surface area contributed by atoms with E-state index < -0.39 is 0 Å². The molecule has 0 aromatic heterocycles. The third kappa shape index (κ3) is 2.61. The zero-order valence-corrected chi connectivity index (χ0v) is 13.0. The number of nitrogens with zero attached hydrogens (tertiary/aromatic N) is 3. The van der Waals surface area contributed by atoms with Crippen LogP contribution >= 0.6 is 11.6 Å². The zero-order chi connectivity index (χ0) is 15.8. The van der Waals surface area contributed by atoms with Gasteiger partial charge in [0.2, 0.25) is 0 Å². The summed E-state index contributed by atoms with van der Waals surface area (Å²) in [6.07, 6.45) is 1.59. The average Bonchev–Trinajstić information content (AvgIpc) is 2.95. The van der Waals surface area contributed by atoms with Crippen LogP contribution in [0.25, 0.3) is 33.7 Å². The predicted molar refractivity (Wildman–Crippen MR) is 88.3 cm³/mol. The highest BCUT2D eigenvalue weighted by atomic mass is 35.5. The molecule has 4 N–H and O–H groups in total. The first kappa shape index (κ1) is 16.0. The minimum atomic E-state index is 0. The molecular weight excluding hydrogens is 330 g/mol. The summed E-state index contributed by atoms with van der Waals surface area (Å²) < 4.78 is 0. The van der Waals surface area contributed by atoms with Crippen molar-refractivity contribution >= 4 is 28.2 Å². The maximum atomic E-state index is 9.20. The van der Waals surface area contributed by atoms with E-state index in [4.69, 9.17) is 11.6 Å². The van der Waals surface area contributed by atoms with Gasteiger partial charge >= 0.3 is 5.82 Å². The summed E-state index contributed by atoms with van der Waals surface area (Å²) in [6.45, 7) is 0. The van der Waals surface area contributed by atoms with Crippen LogP contribution in [0.3, 0.4) is 0 Å². The minimum Gasteiger partial charge on any atom is -0.870 e. The second-order valence-corrected chi connectivity index (χ2v) is 5.42. The highest BCUT2D eigenvalue weighted by molar-refractivity contribution is 6.33. The summed E-state index contributed by atoms with van der Waals surface area (Å²) in [6, 6.07) is 12.9. The molecule has 4 rings (SSSR count). The van der Waals surface area contributed by atoms with Crippen molar-refractivity contribution in [2.45, 2.75) is 0 Å².